The molecule has 0 bridgehead atoms. The molecule has 3 aromatic carbocycles. The largest absolute Gasteiger partial charge is 0.130 e. The van der Waals surface area contributed by atoms with Crippen LogP contribution in [-0.4, -0.2) is 12.5 Å². The summed E-state index contributed by atoms with van der Waals surface area (Å²) in [6, 6.07) is 17.9. The Kier molecular flexibility index (Phi) is 3.23. The topological polar surface area (TPSA) is 0 Å². The van der Waals surface area contributed by atoms with E-state index in [1.54, 1.807) is 23.5 Å². The minimum Gasteiger partial charge on any atom is -0.130 e. The van der Waals surface area contributed by atoms with Crippen LogP contribution in [0.25, 0.3) is 21.5 Å². The number of fused-ring (bicyclic) bond motifs is 2. The van der Waals surface area contributed by atoms with Crippen molar-refractivity contribution in [1.82, 2.24) is 0 Å². The average molecular weight is 270 g/mol. The highest BCUT2D eigenvalue weighted by molar-refractivity contribution is 7.98. The quantitative estimate of drug-likeness (QED) is 0.449. The lowest BCUT2D eigenvalue weighted by atomic mass is 10.0. The molecule has 18 heavy (non-hydrogen) atoms. The minimum absolute atomic E-state index is 1.32. The van der Waals surface area contributed by atoms with Gasteiger partial charge < -0.3 is 0 Å². The highest BCUT2D eigenvalue weighted by atomic mass is 32.2. The van der Waals surface area contributed by atoms with Crippen molar-refractivity contribution in [3.63, 3.8) is 0 Å². The lowest BCUT2D eigenvalue weighted by molar-refractivity contribution is 1.50. The van der Waals surface area contributed by atoms with E-state index >= 15 is 0 Å². The van der Waals surface area contributed by atoms with Crippen LogP contribution in [-0.2, 0) is 0 Å². The van der Waals surface area contributed by atoms with E-state index in [1.165, 1.54) is 31.3 Å². The first-order valence-corrected chi connectivity index (χ1v) is 8.31. The molecule has 0 atom stereocenters. The van der Waals surface area contributed by atoms with Crippen molar-refractivity contribution in [3.05, 3.63) is 48.5 Å². The Morgan fingerprint density at radius 2 is 1.00 bits per heavy atom. The molecule has 0 saturated carbocycles. The second-order valence-electron chi connectivity index (χ2n) is 4.28. The minimum atomic E-state index is 1.32. The fourth-order valence-corrected chi connectivity index (χ4v) is 3.11. The second-order valence-corrected chi connectivity index (χ2v) is 6.04. The summed E-state index contributed by atoms with van der Waals surface area (Å²) in [5.41, 5.74) is 0. The maximum absolute atomic E-state index is 2.30. The van der Waals surface area contributed by atoms with E-state index in [2.05, 4.69) is 61.0 Å². The molecular formula is C16H14S2. The van der Waals surface area contributed by atoms with Crippen LogP contribution in [0, 0.1) is 0 Å². The summed E-state index contributed by atoms with van der Waals surface area (Å²) in [6.45, 7) is 0. The number of hydrogen-bond donors (Lipinski definition) is 0. The van der Waals surface area contributed by atoms with Crippen LogP contribution in [0.4, 0.5) is 0 Å². The molecule has 0 unspecified atom stereocenters. The molecular weight excluding hydrogens is 256 g/mol. The number of thioether (sulfide) groups is 2. The molecule has 90 valence electrons. The smallest absolute Gasteiger partial charge is 0.00755 e. The van der Waals surface area contributed by atoms with E-state index < -0.39 is 0 Å². The first-order valence-electron chi connectivity index (χ1n) is 5.86. The fourth-order valence-electron chi connectivity index (χ4n) is 2.21. The predicted octanol–water partition coefficient (Wildman–Crippen LogP) is 5.44. The van der Waals surface area contributed by atoms with Crippen LogP contribution in [0.5, 0.6) is 0 Å². The van der Waals surface area contributed by atoms with Gasteiger partial charge in [-0.2, -0.15) is 0 Å². The van der Waals surface area contributed by atoms with Crippen LogP contribution in [0.15, 0.2) is 58.3 Å². The zero-order valence-corrected chi connectivity index (χ0v) is 12.1. The van der Waals surface area contributed by atoms with Crippen LogP contribution in [0.3, 0.4) is 0 Å². The van der Waals surface area contributed by atoms with E-state index in [1.807, 2.05) is 0 Å². The maximum Gasteiger partial charge on any atom is 0.00755 e. The van der Waals surface area contributed by atoms with Crippen LogP contribution < -0.4 is 0 Å². The van der Waals surface area contributed by atoms with Crippen molar-refractivity contribution in [3.8, 4) is 0 Å². The van der Waals surface area contributed by atoms with E-state index in [0.717, 1.165) is 0 Å². The summed E-state index contributed by atoms with van der Waals surface area (Å²) in [5, 5.41) is 5.29. The number of benzene rings is 3. The van der Waals surface area contributed by atoms with Gasteiger partial charge in [-0.3, -0.25) is 0 Å². The van der Waals surface area contributed by atoms with Crippen molar-refractivity contribution < 1.29 is 0 Å². The normalized spacial score (nSPS) is 11.2. The standard InChI is InChI=1S/C16H14S2/c1-17-15-5-3-11-7-12-4-6-16(18-2)10-14(12)8-13(11)9-15/h3-10H,1-2H3. The summed E-state index contributed by atoms with van der Waals surface area (Å²) < 4.78 is 0. The third kappa shape index (κ3) is 2.11. The Balaban J connectivity index is 2.29. The molecule has 3 rings (SSSR count). The maximum atomic E-state index is 2.30. The van der Waals surface area contributed by atoms with Gasteiger partial charge in [0.15, 0.2) is 0 Å². The molecule has 0 heterocycles. The first kappa shape index (κ1) is 11.9. The Morgan fingerprint density at radius 1 is 0.556 bits per heavy atom. The van der Waals surface area contributed by atoms with E-state index in [9.17, 15) is 0 Å². The molecule has 0 amide bonds. The lowest BCUT2D eigenvalue weighted by Crippen LogP contribution is -1.79. The van der Waals surface area contributed by atoms with Crippen molar-refractivity contribution in [1.29, 1.82) is 0 Å². The van der Waals surface area contributed by atoms with Gasteiger partial charge in [-0.25, -0.2) is 0 Å². The predicted molar refractivity (Wildman–Crippen MR) is 85.0 cm³/mol. The Labute approximate surface area is 116 Å². The highest BCUT2D eigenvalue weighted by Crippen LogP contribution is 2.28. The van der Waals surface area contributed by atoms with Gasteiger partial charge in [0, 0.05) is 9.79 Å². The van der Waals surface area contributed by atoms with Gasteiger partial charge >= 0.3 is 0 Å². The van der Waals surface area contributed by atoms with Gasteiger partial charge in [0.25, 0.3) is 0 Å². The van der Waals surface area contributed by atoms with Gasteiger partial charge in [-0.1, -0.05) is 12.1 Å². The van der Waals surface area contributed by atoms with Gasteiger partial charge in [-0.15, -0.1) is 23.5 Å². The van der Waals surface area contributed by atoms with Crippen molar-refractivity contribution >= 4 is 45.1 Å². The van der Waals surface area contributed by atoms with Gasteiger partial charge in [0.1, 0.15) is 0 Å². The molecule has 0 saturated heterocycles. The molecule has 0 aromatic heterocycles. The third-order valence-electron chi connectivity index (χ3n) is 3.21. The molecule has 0 radical (unpaired) electrons. The molecule has 0 fully saturated rings. The summed E-state index contributed by atoms with van der Waals surface area (Å²) in [5.74, 6) is 0. The molecule has 0 spiro atoms. The Hall–Kier alpha value is -1.12. The summed E-state index contributed by atoms with van der Waals surface area (Å²) in [6.07, 6.45) is 4.24. The van der Waals surface area contributed by atoms with Crippen molar-refractivity contribution in [2.75, 3.05) is 12.5 Å². The molecule has 0 aliphatic rings. The van der Waals surface area contributed by atoms with Gasteiger partial charge in [0.05, 0.1) is 0 Å². The molecule has 0 aliphatic heterocycles. The SMILES string of the molecule is CSc1ccc2cc3ccc(SC)cc3cc2c1. The van der Waals surface area contributed by atoms with Crippen LogP contribution in [0.2, 0.25) is 0 Å². The molecule has 2 heteroatoms. The van der Waals surface area contributed by atoms with E-state index in [-0.39, 0.29) is 0 Å². The summed E-state index contributed by atoms with van der Waals surface area (Å²) in [7, 11) is 0. The van der Waals surface area contributed by atoms with Crippen LogP contribution >= 0.6 is 23.5 Å². The van der Waals surface area contributed by atoms with Crippen LogP contribution in [0.1, 0.15) is 0 Å². The summed E-state index contributed by atoms with van der Waals surface area (Å²) in [4.78, 5) is 2.64. The van der Waals surface area contributed by atoms with Gasteiger partial charge in [0.2, 0.25) is 0 Å². The van der Waals surface area contributed by atoms with E-state index in [4.69, 9.17) is 0 Å². The molecule has 0 aliphatic carbocycles. The number of hydrogen-bond acceptors (Lipinski definition) is 2. The first-order chi connectivity index (χ1) is 8.80. The number of rotatable bonds is 2. The Morgan fingerprint density at radius 3 is 1.44 bits per heavy atom. The monoisotopic (exact) mass is 270 g/mol. The fraction of sp³-hybridized carbons (Fsp3) is 0.125. The highest BCUT2D eigenvalue weighted by Gasteiger charge is 2.00. The zero-order chi connectivity index (χ0) is 12.5. The van der Waals surface area contributed by atoms with Crippen molar-refractivity contribution in [2.24, 2.45) is 0 Å². The zero-order valence-electron chi connectivity index (χ0n) is 10.4. The molecule has 0 nitrogen and oxygen atoms in total. The lowest BCUT2D eigenvalue weighted by Gasteiger charge is -2.05. The van der Waals surface area contributed by atoms with Crippen molar-refractivity contribution in [2.45, 2.75) is 9.79 Å². The van der Waals surface area contributed by atoms with E-state index in [0.29, 0.717) is 0 Å². The average Bonchev–Trinajstić information content (AvgIpc) is 2.43. The second kappa shape index (κ2) is 4.87. The third-order valence-corrected chi connectivity index (χ3v) is 4.66. The summed E-state index contributed by atoms with van der Waals surface area (Å²) >= 11 is 3.59. The molecule has 3 aromatic rings. The Bertz CT molecular complexity index is 658. The molecule has 0 N–H and O–H groups in total. The van der Waals surface area contributed by atoms with Gasteiger partial charge in [-0.05, 0) is 70.5 Å².